The van der Waals surface area contributed by atoms with Gasteiger partial charge in [-0.05, 0) is 31.0 Å². The highest BCUT2D eigenvalue weighted by Crippen LogP contribution is 2.34. The summed E-state index contributed by atoms with van der Waals surface area (Å²) in [4.78, 5) is 25.6. The predicted molar refractivity (Wildman–Crippen MR) is 114 cm³/mol. The van der Waals surface area contributed by atoms with E-state index in [-0.39, 0.29) is 12.1 Å². The van der Waals surface area contributed by atoms with Crippen LogP contribution in [0.3, 0.4) is 0 Å². The van der Waals surface area contributed by atoms with Crippen LogP contribution in [0.2, 0.25) is 0 Å². The number of urea groups is 1. The number of hydrogen-bond donors (Lipinski definition) is 3. The summed E-state index contributed by atoms with van der Waals surface area (Å²) in [7, 11) is 3.40. The van der Waals surface area contributed by atoms with Gasteiger partial charge in [0.05, 0.1) is 12.7 Å². The molecular weight excluding hydrogens is 384 g/mol. The van der Waals surface area contributed by atoms with Crippen LogP contribution in [0.15, 0.2) is 41.1 Å². The molecule has 1 aliphatic carbocycles. The van der Waals surface area contributed by atoms with Gasteiger partial charge in [-0.25, -0.2) is 19.7 Å². The van der Waals surface area contributed by atoms with Crippen molar-refractivity contribution in [3.8, 4) is 17.2 Å². The molecule has 0 bridgehead atoms. The number of hydrogen-bond acceptors (Lipinski definition) is 7. The summed E-state index contributed by atoms with van der Waals surface area (Å²) < 4.78 is 11.2. The third-order valence-electron chi connectivity index (χ3n) is 4.99. The lowest BCUT2D eigenvalue weighted by Gasteiger charge is -2.10. The van der Waals surface area contributed by atoms with Crippen LogP contribution in [0.1, 0.15) is 12.8 Å². The average molecular weight is 404 g/mol. The fourth-order valence-corrected chi connectivity index (χ4v) is 3.29. The summed E-state index contributed by atoms with van der Waals surface area (Å²) >= 11 is 0. The van der Waals surface area contributed by atoms with Crippen LogP contribution in [0, 0.1) is 0 Å². The van der Waals surface area contributed by atoms with Crippen LogP contribution < -0.4 is 20.7 Å². The van der Waals surface area contributed by atoms with E-state index in [1.807, 2.05) is 18.2 Å². The molecule has 5 rings (SSSR count). The second-order valence-corrected chi connectivity index (χ2v) is 7.11. The van der Waals surface area contributed by atoms with Crippen molar-refractivity contribution in [3.05, 3.63) is 36.7 Å². The molecule has 0 unspecified atom stereocenters. The first kappa shape index (κ1) is 18.2. The first-order chi connectivity index (χ1) is 14.6. The van der Waals surface area contributed by atoms with Gasteiger partial charge in [0.2, 0.25) is 5.89 Å². The number of anilines is 2. The molecule has 0 saturated heterocycles. The molecule has 0 spiro atoms. The number of benzene rings is 1. The Morgan fingerprint density at radius 3 is 2.80 bits per heavy atom. The Morgan fingerprint density at radius 1 is 1.17 bits per heavy atom. The number of carbonyl (C=O) groups excluding carboxylic acids is 1. The molecule has 0 atom stereocenters. The van der Waals surface area contributed by atoms with Crippen LogP contribution in [-0.4, -0.2) is 41.2 Å². The van der Waals surface area contributed by atoms with E-state index >= 15 is 0 Å². The normalized spacial score (nSPS) is 13.4. The van der Waals surface area contributed by atoms with Gasteiger partial charge >= 0.3 is 6.03 Å². The number of pyridine rings is 2. The lowest BCUT2D eigenvalue weighted by Crippen LogP contribution is -2.30. The smallest absolute Gasteiger partial charge is 0.320 e. The number of ether oxygens (including phenoxy) is 1. The molecule has 3 aromatic heterocycles. The number of nitrogens with zero attached hydrogens (tertiary/aromatic N) is 3. The van der Waals surface area contributed by atoms with E-state index in [1.165, 1.54) is 0 Å². The SMILES string of the molecule is CNc1ncc(-c2nc3cc(OC)ccc3o2)c2cc(NC(=O)NC3CC3)ncc12. The first-order valence-corrected chi connectivity index (χ1v) is 9.63. The lowest BCUT2D eigenvalue weighted by molar-refractivity contribution is 0.251. The molecule has 1 saturated carbocycles. The molecule has 1 fully saturated rings. The zero-order valence-corrected chi connectivity index (χ0v) is 16.5. The molecule has 3 heterocycles. The van der Waals surface area contributed by atoms with Crippen LogP contribution in [0.25, 0.3) is 33.3 Å². The molecule has 152 valence electrons. The number of rotatable bonds is 5. The summed E-state index contributed by atoms with van der Waals surface area (Å²) in [5, 5.41) is 10.4. The Kier molecular flexibility index (Phi) is 4.35. The van der Waals surface area contributed by atoms with Crippen LogP contribution in [0.4, 0.5) is 16.4 Å². The number of aromatic nitrogens is 3. The van der Waals surface area contributed by atoms with Crippen molar-refractivity contribution in [2.24, 2.45) is 0 Å². The highest BCUT2D eigenvalue weighted by atomic mass is 16.5. The zero-order valence-electron chi connectivity index (χ0n) is 16.5. The summed E-state index contributed by atoms with van der Waals surface area (Å²) in [6.45, 7) is 0. The van der Waals surface area contributed by atoms with Crippen molar-refractivity contribution >= 4 is 39.5 Å². The van der Waals surface area contributed by atoms with Crippen LogP contribution in [0.5, 0.6) is 5.75 Å². The van der Waals surface area contributed by atoms with Crippen LogP contribution in [-0.2, 0) is 0 Å². The summed E-state index contributed by atoms with van der Waals surface area (Å²) in [6, 6.07) is 7.26. The molecule has 9 heteroatoms. The van der Waals surface area contributed by atoms with Gasteiger partial charge in [0.15, 0.2) is 5.58 Å². The molecule has 1 aromatic carbocycles. The van der Waals surface area contributed by atoms with Crippen molar-refractivity contribution in [1.29, 1.82) is 0 Å². The molecule has 2 amide bonds. The molecular formula is C21H20N6O3. The van der Waals surface area contributed by atoms with Crippen molar-refractivity contribution in [1.82, 2.24) is 20.3 Å². The molecule has 3 N–H and O–H groups in total. The molecule has 30 heavy (non-hydrogen) atoms. The third kappa shape index (κ3) is 3.34. The number of methoxy groups -OCH3 is 1. The fraction of sp³-hybridized carbons (Fsp3) is 0.238. The van der Waals surface area contributed by atoms with Gasteiger partial charge in [0.1, 0.15) is 22.9 Å². The molecule has 1 aliphatic rings. The maximum Gasteiger partial charge on any atom is 0.320 e. The van der Waals surface area contributed by atoms with Gasteiger partial charge in [0, 0.05) is 42.3 Å². The third-order valence-corrected chi connectivity index (χ3v) is 4.99. The summed E-state index contributed by atoms with van der Waals surface area (Å²) in [5.74, 6) is 2.24. The van der Waals surface area contributed by atoms with E-state index in [2.05, 4.69) is 30.9 Å². The summed E-state index contributed by atoms with van der Waals surface area (Å²) in [6.07, 6.45) is 5.41. The zero-order chi connectivity index (χ0) is 20.7. The molecule has 4 aromatic rings. The van der Waals surface area contributed by atoms with E-state index in [1.54, 1.807) is 32.6 Å². The van der Waals surface area contributed by atoms with Gasteiger partial charge in [-0.3, -0.25) is 5.32 Å². The Labute approximate surface area is 171 Å². The molecule has 0 aliphatic heterocycles. The van der Waals surface area contributed by atoms with E-state index in [9.17, 15) is 4.79 Å². The minimum absolute atomic E-state index is 0.261. The number of oxazole rings is 1. The lowest BCUT2D eigenvalue weighted by atomic mass is 10.1. The second-order valence-electron chi connectivity index (χ2n) is 7.11. The van der Waals surface area contributed by atoms with E-state index in [0.717, 1.165) is 23.6 Å². The standard InChI is InChI=1S/C21H20N6O3/c1-22-19-14-9-23-18(27-21(28)25-11-3-4-11)8-13(14)15(10-24-19)20-26-16-7-12(29-2)5-6-17(16)30-20/h5-11H,3-4H2,1-2H3,(H,22,24)(H2,23,25,27,28). The van der Waals surface area contributed by atoms with Gasteiger partial charge in [-0.1, -0.05) is 0 Å². The number of carbonyl (C=O) groups is 1. The number of nitrogens with one attached hydrogen (secondary N) is 3. The summed E-state index contributed by atoms with van der Waals surface area (Å²) in [5.41, 5.74) is 2.03. The Bertz CT molecular complexity index is 1260. The minimum Gasteiger partial charge on any atom is -0.497 e. The molecule has 0 radical (unpaired) electrons. The quantitative estimate of drug-likeness (QED) is 0.464. The van der Waals surface area contributed by atoms with Crippen LogP contribution >= 0.6 is 0 Å². The topological polar surface area (TPSA) is 114 Å². The van der Waals surface area contributed by atoms with Gasteiger partial charge in [-0.15, -0.1) is 0 Å². The highest BCUT2D eigenvalue weighted by Gasteiger charge is 2.23. The first-order valence-electron chi connectivity index (χ1n) is 9.63. The molecule has 9 nitrogen and oxygen atoms in total. The fourth-order valence-electron chi connectivity index (χ4n) is 3.29. The largest absolute Gasteiger partial charge is 0.497 e. The Hall–Kier alpha value is -3.88. The maximum atomic E-state index is 12.1. The van der Waals surface area contributed by atoms with E-state index < -0.39 is 0 Å². The number of fused-ring (bicyclic) bond motifs is 2. The van der Waals surface area contributed by atoms with Crippen molar-refractivity contribution in [2.75, 3.05) is 24.8 Å². The minimum atomic E-state index is -0.261. The average Bonchev–Trinajstić information content (AvgIpc) is 3.47. The number of amides is 2. The van der Waals surface area contributed by atoms with E-state index in [4.69, 9.17) is 9.15 Å². The highest BCUT2D eigenvalue weighted by molar-refractivity contribution is 6.02. The van der Waals surface area contributed by atoms with Gasteiger partial charge < -0.3 is 19.8 Å². The van der Waals surface area contributed by atoms with Crippen molar-refractivity contribution in [2.45, 2.75) is 18.9 Å². The monoisotopic (exact) mass is 404 g/mol. The van der Waals surface area contributed by atoms with Gasteiger partial charge in [0.25, 0.3) is 0 Å². The van der Waals surface area contributed by atoms with Crippen molar-refractivity contribution in [3.63, 3.8) is 0 Å². The maximum absolute atomic E-state index is 12.1. The van der Waals surface area contributed by atoms with Gasteiger partial charge in [-0.2, -0.15) is 0 Å². The Morgan fingerprint density at radius 2 is 2.03 bits per heavy atom. The predicted octanol–water partition coefficient (Wildman–Crippen LogP) is 3.77. The Balaban J connectivity index is 1.59. The van der Waals surface area contributed by atoms with E-state index in [0.29, 0.717) is 39.9 Å². The van der Waals surface area contributed by atoms with Crippen molar-refractivity contribution < 1.29 is 13.9 Å². The second kappa shape index (κ2) is 7.18.